The summed E-state index contributed by atoms with van der Waals surface area (Å²) in [7, 11) is 1.71. The van der Waals surface area contributed by atoms with E-state index in [4.69, 9.17) is 4.74 Å². The summed E-state index contributed by atoms with van der Waals surface area (Å²) in [6.45, 7) is 4.99. The molecule has 0 saturated carbocycles. The quantitative estimate of drug-likeness (QED) is 0.762. The largest absolute Gasteiger partial charge is 0.377 e. The SMILES string of the molecule is CC(C)OCCN(C)C(=O)c1cn[nH]n1. The van der Waals surface area contributed by atoms with Gasteiger partial charge in [-0.15, -0.1) is 0 Å². The van der Waals surface area contributed by atoms with Crippen molar-refractivity contribution in [3.8, 4) is 0 Å². The summed E-state index contributed by atoms with van der Waals surface area (Å²) in [4.78, 5) is 13.2. The fourth-order valence-electron chi connectivity index (χ4n) is 1.03. The molecule has 15 heavy (non-hydrogen) atoms. The second kappa shape index (κ2) is 5.45. The van der Waals surface area contributed by atoms with Crippen LogP contribution in [0.2, 0.25) is 0 Å². The molecule has 0 bridgehead atoms. The molecule has 1 heterocycles. The normalized spacial score (nSPS) is 10.7. The molecule has 0 aromatic carbocycles. The first-order valence-electron chi connectivity index (χ1n) is 4.84. The minimum Gasteiger partial charge on any atom is -0.377 e. The van der Waals surface area contributed by atoms with E-state index in [1.54, 1.807) is 11.9 Å². The van der Waals surface area contributed by atoms with Crippen molar-refractivity contribution in [2.75, 3.05) is 20.2 Å². The van der Waals surface area contributed by atoms with Gasteiger partial charge >= 0.3 is 0 Å². The lowest BCUT2D eigenvalue weighted by Gasteiger charge is -2.16. The summed E-state index contributed by atoms with van der Waals surface area (Å²) in [6, 6.07) is 0. The Balaban J connectivity index is 2.34. The molecule has 0 unspecified atom stereocenters. The Labute approximate surface area is 88.6 Å². The van der Waals surface area contributed by atoms with E-state index in [0.29, 0.717) is 18.8 Å². The second-order valence-electron chi connectivity index (χ2n) is 3.50. The van der Waals surface area contributed by atoms with Crippen LogP contribution in [0.5, 0.6) is 0 Å². The number of likely N-dealkylation sites (N-methyl/N-ethyl adjacent to an activating group) is 1. The van der Waals surface area contributed by atoms with Crippen molar-refractivity contribution in [1.82, 2.24) is 20.3 Å². The fraction of sp³-hybridized carbons (Fsp3) is 0.667. The highest BCUT2D eigenvalue weighted by molar-refractivity contribution is 5.91. The molecule has 0 aliphatic rings. The van der Waals surface area contributed by atoms with E-state index in [9.17, 15) is 4.79 Å². The number of aromatic nitrogens is 3. The average molecular weight is 212 g/mol. The highest BCUT2D eigenvalue weighted by Crippen LogP contribution is 1.97. The topological polar surface area (TPSA) is 71.1 Å². The van der Waals surface area contributed by atoms with Gasteiger partial charge in [0.05, 0.1) is 18.9 Å². The molecule has 84 valence electrons. The first kappa shape index (κ1) is 11.6. The number of hydrogen-bond acceptors (Lipinski definition) is 4. The van der Waals surface area contributed by atoms with Gasteiger partial charge in [0.1, 0.15) is 0 Å². The Bertz CT molecular complexity index is 297. The van der Waals surface area contributed by atoms with Gasteiger partial charge in [-0.25, -0.2) is 0 Å². The molecule has 1 aromatic rings. The van der Waals surface area contributed by atoms with Crippen molar-refractivity contribution < 1.29 is 9.53 Å². The number of aromatic amines is 1. The van der Waals surface area contributed by atoms with E-state index < -0.39 is 0 Å². The fourth-order valence-corrected chi connectivity index (χ4v) is 1.03. The monoisotopic (exact) mass is 212 g/mol. The van der Waals surface area contributed by atoms with Crippen LogP contribution in [0.4, 0.5) is 0 Å². The van der Waals surface area contributed by atoms with Gasteiger partial charge in [-0.1, -0.05) is 0 Å². The molecule has 6 heteroatoms. The Morgan fingerprint density at radius 2 is 2.40 bits per heavy atom. The van der Waals surface area contributed by atoms with Crippen molar-refractivity contribution in [2.45, 2.75) is 20.0 Å². The van der Waals surface area contributed by atoms with Crippen molar-refractivity contribution in [1.29, 1.82) is 0 Å². The third-order valence-electron chi connectivity index (χ3n) is 1.86. The van der Waals surface area contributed by atoms with Crippen molar-refractivity contribution in [2.24, 2.45) is 0 Å². The summed E-state index contributed by atoms with van der Waals surface area (Å²) >= 11 is 0. The molecule has 0 radical (unpaired) electrons. The van der Waals surface area contributed by atoms with Crippen LogP contribution in [0, 0.1) is 0 Å². The molecule has 0 saturated heterocycles. The van der Waals surface area contributed by atoms with Gasteiger partial charge in [-0.3, -0.25) is 4.79 Å². The van der Waals surface area contributed by atoms with Crippen LogP contribution in [-0.2, 0) is 4.74 Å². The van der Waals surface area contributed by atoms with E-state index in [2.05, 4.69) is 15.4 Å². The van der Waals surface area contributed by atoms with Gasteiger partial charge in [0.15, 0.2) is 5.69 Å². The summed E-state index contributed by atoms with van der Waals surface area (Å²) in [5, 5.41) is 9.69. The molecule has 0 aliphatic heterocycles. The second-order valence-corrected chi connectivity index (χ2v) is 3.50. The molecule has 0 spiro atoms. The maximum Gasteiger partial charge on any atom is 0.275 e. The Hall–Kier alpha value is -1.43. The molecular formula is C9H16N4O2. The summed E-state index contributed by atoms with van der Waals surface area (Å²) in [5.41, 5.74) is 0.321. The van der Waals surface area contributed by atoms with Gasteiger partial charge in [0.2, 0.25) is 0 Å². The number of carbonyl (C=O) groups excluding carboxylic acids is 1. The highest BCUT2D eigenvalue weighted by atomic mass is 16.5. The zero-order chi connectivity index (χ0) is 11.3. The number of nitrogens with one attached hydrogen (secondary N) is 1. The summed E-state index contributed by atoms with van der Waals surface area (Å²) in [5.74, 6) is -0.156. The smallest absolute Gasteiger partial charge is 0.275 e. The lowest BCUT2D eigenvalue weighted by Crippen LogP contribution is -2.31. The van der Waals surface area contributed by atoms with Crippen LogP contribution in [0.3, 0.4) is 0 Å². The number of amides is 1. The van der Waals surface area contributed by atoms with Gasteiger partial charge in [-0.05, 0) is 13.8 Å². The van der Waals surface area contributed by atoms with Crippen LogP contribution in [0.1, 0.15) is 24.3 Å². The van der Waals surface area contributed by atoms with Crippen molar-refractivity contribution in [3.63, 3.8) is 0 Å². The van der Waals surface area contributed by atoms with Crippen molar-refractivity contribution >= 4 is 5.91 Å². The van der Waals surface area contributed by atoms with E-state index in [0.717, 1.165) is 0 Å². The molecule has 1 aromatic heterocycles. The average Bonchev–Trinajstić information content (AvgIpc) is 2.68. The predicted molar refractivity (Wildman–Crippen MR) is 54.4 cm³/mol. The number of nitrogens with zero attached hydrogens (tertiary/aromatic N) is 3. The Morgan fingerprint density at radius 3 is 2.93 bits per heavy atom. The minimum absolute atomic E-state index is 0.156. The van der Waals surface area contributed by atoms with Crippen LogP contribution in [0.25, 0.3) is 0 Å². The first-order valence-corrected chi connectivity index (χ1v) is 4.84. The highest BCUT2D eigenvalue weighted by Gasteiger charge is 2.13. The number of ether oxygens (including phenoxy) is 1. The zero-order valence-corrected chi connectivity index (χ0v) is 9.23. The third-order valence-corrected chi connectivity index (χ3v) is 1.86. The van der Waals surface area contributed by atoms with Crippen molar-refractivity contribution in [3.05, 3.63) is 11.9 Å². The lowest BCUT2D eigenvalue weighted by atomic mass is 10.4. The minimum atomic E-state index is -0.156. The molecule has 1 amide bonds. The maximum absolute atomic E-state index is 11.6. The number of hydrogen-bond donors (Lipinski definition) is 1. The molecule has 6 nitrogen and oxygen atoms in total. The molecule has 1 rings (SSSR count). The van der Waals surface area contributed by atoms with Gasteiger partial charge in [0, 0.05) is 13.6 Å². The van der Waals surface area contributed by atoms with Gasteiger partial charge in [-0.2, -0.15) is 15.4 Å². The number of rotatable bonds is 5. The van der Waals surface area contributed by atoms with E-state index in [1.165, 1.54) is 6.20 Å². The predicted octanol–water partition coefficient (Wildman–Crippen LogP) is 0.302. The number of H-pyrrole nitrogens is 1. The molecular weight excluding hydrogens is 196 g/mol. The molecule has 0 aliphatic carbocycles. The maximum atomic E-state index is 11.6. The summed E-state index contributed by atoms with van der Waals surface area (Å²) < 4.78 is 5.34. The lowest BCUT2D eigenvalue weighted by molar-refractivity contribution is 0.0529. The molecule has 1 N–H and O–H groups in total. The Morgan fingerprint density at radius 1 is 1.67 bits per heavy atom. The van der Waals surface area contributed by atoms with Crippen LogP contribution >= 0.6 is 0 Å². The number of carbonyl (C=O) groups is 1. The van der Waals surface area contributed by atoms with Crippen LogP contribution in [0.15, 0.2) is 6.20 Å². The van der Waals surface area contributed by atoms with Crippen LogP contribution < -0.4 is 0 Å². The van der Waals surface area contributed by atoms with Gasteiger partial charge in [0.25, 0.3) is 5.91 Å². The standard InChI is InChI=1S/C9H16N4O2/c1-7(2)15-5-4-13(3)9(14)8-6-10-12-11-8/h6-7H,4-5H2,1-3H3,(H,10,11,12). The first-order chi connectivity index (χ1) is 7.11. The molecule has 0 fully saturated rings. The zero-order valence-electron chi connectivity index (χ0n) is 9.23. The van der Waals surface area contributed by atoms with E-state index in [-0.39, 0.29) is 12.0 Å². The summed E-state index contributed by atoms with van der Waals surface area (Å²) in [6.07, 6.45) is 1.59. The molecule has 0 atom stereocenters. The Kier molecular flexibility index (Phi) is 4.23. The third kappa shape index (κ3) is 3.67. The van der Waals surface area contributed by atoms with Crippen LogP contribution in [-0.4, -0.2) is 52.5 Å². The van der Waals surface area contributed by atoms with E-state index in [1.807, 2.05) is 13.8 Å². The van der Waals surface area contributed by atoms with Gasteiger partial charge < -0.3 is 9.64 Å². The van der Waals surface area contributed by atoms with E-state index >= 15 is 0 Å².